The van der Waals surface area contributed by atoms with Crippen molar-refractivity contribution in [2.45, 2.75) is 6.92 Å². The fourth-order valence-electron chi connectivity index (χ4n) is 2.41. The van der Waals surface area contributed by atoms with E-state index >= 15 is 0 Å². The van der Waals surface area contributed by atoms with E-state index in [1.807, 2.05) is 43.3 Å². The predicted octanol–water partition coefficient (Wildman–Crippen LogP) is 4.63. The van der Waals surface area contributed by atoms with Crippen molar-refractivity contribution in [2.75, 3.05) is 0 Å². The van der Waals surface area contributed by atoms with Gasteiger partial charge < -0.3 is 19.3 Å². The number of phosphoric ester groups is 1. The first-order valence-electron chi connectivity index (χ1n) is 7.74. The molecule has 1 atom stereocenters. The van der Waals surface area contributed by atoms with Crippen molar-refractivity contribution in [1.82, 2.24) is 0 Å². The quantitative estimate of drug-likeness (QED) is 0.446. The van der Waals surface area contributed by atoms with Crippen LogP contribution in [0.2, 0.25) is 0 Å². The summed E-state index contributed by atoms with van der Waals surface area (Å²) in [6, 6.07) is 17.8. The second-order valence-electron chi connectivity index (χ2n) is 5.67. The summed E-state index contributed by atoms with van der Waals surface area (Å²) in [5, 5.41) is 19.2. The third-order valence-corrected chi connectivity index (χ3v) is 4.45. The van der Waals surface area contributed by atoms with Crippen molar-refractivity contribution in [1.29, 1.82) is 0 Å². The summed E-state index contributed by atoms with van der Waals surface area (Å²) in [7, 11) is -4.62. The lowest BCUT2D eigenvalue weighted by atomic mass is 10.0. The van der Waals surface area contributed by atoms with Crippen LogP contribution in [0.25, 0.3) is 11.1 Å². The molecule has 3 rings (SSSR count). The van der Waals surface area contributed by atoms with Crippen molar-refractivity contribution in [3.63, 3.8) is 0 Å². The molecule has 3 aromatic carbocycles. The molecule has 0 fully saturated rings. The van der Waals surface area contributed by atoms with Gasteiger partial charge in [0.2, 0.25) is 0 Å². The average molecular weight is 372 g/mol. The van der Waals surface area contributed by atoms with Gasteiger partial charge in [-0.1, -0.05) is 42.0 Å². The van der Waals surface area contributed by atoms with E-state index in [0.29, 0.717) is 5.56 Å². The van der Waals surface area contributed by atoms with Crippen molar-refractivity contribution >= 4 is 7.82 Å². The van der Waals surface area contributed by atoms with Crippen molar-refractivity contribution in [3.8, 4) is 34.1 Å². The lowest BCUT2D eigenvalue weighted by Gasteiger charge is -2.17. The van der Waals surface area contributed by atoms with Crippen LogP contribution in [0.1, 0.15) is 5.56 Å². The monoisotopic (exact) mass is 372 g/mol. The van der Waals surface area contributed by atoms with Gasteiger partial charge in [0.25, 0.3) is 0 Å². The summed E-state index contributed by atoms with van der Waals surface area (Å²) in [5.41, 5.74) is 2.39. The van der Waals surface area contributed by atoms with Crippen LogP contribution >= 0.6 is 7.82 Å². The third-order valence-electron chi connectivity index (χ3n) is 3.59. The number of aryl methyl sites for hydroxylation is 1. The molecule has 0 aromatic heterocycles. The number of hydrogen-bond acceptors (Lipinski definition) is 5. The van der Waals surface area contributed by atoms with Gasteiger partial charge in [0, 0.05) is 11.6 Å². The summed E-state index contributed by atoms with van der Waals surface area (Å²) in [5.74, 6) is -0.817. The van der Waals surface area contributed by atoms with Crippen LogP contribution in [0.3, 0.4) is 0 Å². The minimum atomic E-state index is -4.62. The lowest BCUT2D eigenvalue weighted by Crippen LogP contribution is -2.01. The topological polar surface area (TPSA) is 96.2 Å². The van der Waals surface area contributed by atoms with E-state index in [1.165, 1.54) is 6.07 Å². The molecule has 0 spiro atoms. The van der Waals surface area contributed by atoms with Crippen molar-refractivity contribution in [3.05, 3.63) is 72.3 Å². The largest absolute Gasteiger partial charge is 0.585 e. The highest BCUT2D eigenvalue weighted by molar-refractivity contribution is 7.48. The highest BCUT2D eigenvalue weighted by Crippen LogP contribution is 2.49. The molecule has 0 radical (unpaired) electrons. The van der Waals surface area contributed by atoms with E-state index in [2.05, 4.69) is 0 Å². The summed E-state index contributed by atoms with van der Waals surface area (Å²) in [4.78, 5) is 10.1. The van der Waals surface area contributed by atoms with Gasteiger partial charge >= 0.3 is 7.82 Å². The van der Waals surface area contributed by atoms with Crippen LogP contribution in [-0.2, 0) is 4.57 Å². The predicted molar refractivity (Wildman–Crippen MR) is 97.5 cm³/mol. The van der Waals surface area contributed by atoms with Gasteiger partial charge in [0.05, 0.1) is 0 Å². The second-order valence-corrected chi connectivity index (χ2v) is 6.97. The molecular weight excluding hydrogens is 355 g/mol. The molecule has 0 heterocycles. The Morgan fingerprint density at radius 2 is 1.54 bits per heavy atom. The number of phenols is 2. The van der Waals surface area contributed by atoms with Crippen molar-refractivity contribution < 1.29 is 28.7 Å². The molecule has 26 heavy (non-hydrogen) atoms. The summed E-state index contributed by atoms with van der Waals surface area (Å²) < 4.78 is 22.6. The zero-order valence-corrected chi connectivity index (χ0v) is 14.8. The Bertz CT molecular complexity index is 971. The minimum absolute atomic E-state index is 0.160. The SMILES string of the molecule is Cc1ccc(OP(=O)(O)Oc2cc(O)ccc2O)c(-c2ccccc2)c1. The van der Waals surface area contributed by atoms with Gasteiger partial charge in [-0.25, -0.2) is 4.57 Å². The Balaban J connectivity index is 1.93. The number of benzene rings is 3. The molecular formula is C19H17O6P. The zero-order valence-electron chi connectivity index (χ0n) is 13.9. The molecule has 0 saturated heterocycles. The normalized spacial score (nSPS) is 13.0. The van der Waals surface area contributed by atoms with E-state index in [1.54, 1.807) is 12.1 Å². The first-order valence-corrected chi connectivity index (χ1v) is 9.24. The summed E-state index contributed by atoms with van der Waals surface area (Å²) in [6.45, 7) is 1.90. The maximum atomic E-state index is 12.4. The first kappa shape index (κ1) is 17.9. The van der Waals surface area contributed by atoms with E-state index < -0.39 is 13.6 Å². The molecule has 134 valence electrons. The highest BCUT2D eigenvalue weighted by atomic mass is 31.2. The second kappa shape index (κ2) is 7.12. The molecule has 0 bridgehead atoms. The molecule has 0 amide bonds. The average Bonchev–Trinajstić information content (AvgIpc) is 2.60. The number of phenolic OH excluding ortho intramolecular Hbond substituents is 2. The van der Waals surface area contributed by atoms with E-state index in [-0.39, 0.29) is 17.2 Å². The maximum Gasteiger partial charge on any atom is 0.585 e. The molecule has 7 heteroatoms. The Morgan fingerprint density at radius 3 is 2.27 bits per heavy atom. The van der Waals surface area contributed by atoms with E-state index in [0.717, 1.165) is 23.3 Å². The third kappa shape index (κ3) is 4.17. The number of aromatic hydroxyl groups is 2. The highest BCUT2D eigenvalue weighted by Gasteiger charge is 2.28. The van der Waals surface area contributed by atoms with E-state index in [4.69, 9.17) is 9.05 Å². The molecule has 0 aliphatic carbocycles. The Morgan fingerprint density at radius 1 is 0.846 bits per heavy atom. The van der Waals surface area contributed by atoms with Crippen LogP contribution in [0, 0.1) is 6.92 Å². The number of phosphoric acid groups is 1. The van der Waals surface area contributed by atoms with Crippen LogP contribution < -0.4 is 9.05 Å². The van der Waals surface area contributed by atoms with Crippen LogP contribution in [0.15, 0.2) is 66.7 Å². The number of hydrogen-bond donors (Lipinski definition) is 3. The standard InChI is InChI=1S/C19H17O6P/c1-13-7-10-18(16(11-13)14-5-3-2-4-6-14)24-26(22,23)25-19-12-15(20)8-9-17(19)21/h2-12,20-21H,1H3,(H,22,23). The molecule has 0 saturated carbocycles. The van der Waals surface area contributed by atoms with Gasteiger partial charge in [-0.2, -0.15) is 0 Å². The molecule has 1 unspecified atom stereocenters. The molecule has 3 N–H and O–H groups in total. The smallest absolute Gasteiger partial charge is 0.508 e. The Hall–Kier alpha value is -2.95. The summed E-state index contributed by atoms with van der Waals surface area (Å²) in [6.07, 6.45) is 0. The van der Waals surface area contributed by atoms with Gasteiger partial charge in [-0.05, 0) is 36.8 Å². The zero-order chi connectivity index (χ0) is 18.7. The van der Waals surface area contributed by atoms with Crippen LogP contribution in [0.4, 0.5) is 0 Å². The van der Waals surface area contributed by atoms with Crippen LogP contribution in [0.5, 0.6) is 23.0 Å². The fourth-order valence-corrected chi connectivity index (χ4v) is 3.25. The first-order chi connectivity index (χ1) is 12.3. The number of rotatable bonds is 5. The Labute approximate surface area is 150 Å². The minimum Gasteiger partial charge on any atom is -0.508 e. The van der Waals surface area contributed by atoms with Crippen molar-refractivity contribution in [2.24, 2.45) is 0 Å². The van der Waals surface area contributed by atoms with Crippen LogP contribution in [-0.4, -0.2) is 15.1 Å². The Kier molecular flexibility index (Phi) is 4.89. The van der Waals surface area contributed by atoms with E-state index in [9.17, 15) is 19.7 Å². The molecule has 0 aliphatic heterocycles. The molecule has 0 aliphatic rings. The molecule has 6 nitrogen and oxygen atoms in total. The van der Waals surface area contributed by atoms with Gasteiger partial charge in [0.15, 0.2) is 11.5 Å². The molecule has 3 aromatic rings. The summed E-state index contributed by atoms with van der Waals surface area (Å²) >= 11 is 0. The van der Waals surface area contributed by atoms with Gasteiger partial charge in [-0.3, -0.25) is 4.89 Å². The fraction of sp³-hybridized carbons (Fsp3) is 0.0526. The maximum absolute atomic E-state index is 12.4. The lowest BCUT2D eigenvalue weighted by molar-refractivity contribution is 0.285. The van der Waals surface area contributed by atoms with Gasteiger partial charge in [-0.15, -0.1) is 0 Å². The van der Waals surface area contributed by atoms with Gasteiger partial charge in [0.1, 0.15) is 11.5 Å².